The Morgan fingerprint density at radius 3 is 2.37 bits per heavy atom. The highest BCUT2D eigenvalue weighted by Crippen LogP contribution is 2.12. The molecule has 0 unspecified atom stereocenters. The molecule has 1 rings (SSSR count). The van der Waals surface area contributed by atoms with Crippen molar-refractivity contribution in [2.24, 2.45) is 5.73 Å². The van der Waals surface area contributed by atoms with Crippen LogP contribution in [0.25, 0.3) is 0 Å². The van der Waals surface area contributed by atoms with Crippen LogP contribution in [0, 0.1) is 0 Å². The molecule has 0 saturated carbocycles. The SMILES string of the molecule is COC(=O)c1ccc(OCC(=O)NCC(N)=O)cc1. The number of carbonyl (C=O) groups is 3. The van der Waals surface area contributed by atoms with Gasteiger partial charge in [0.05, 0.1) is 19.2 Å². The van der Waals surface area contributed by atoms with Gasteiger partial charge in [-0.15, -0.1) is 0 Å². The van der Waals surface area contributed by atoms with E-state index in [1.54, 1.807) is 0 Å². The molecular weight excluding hydrogens is 252 g/mol. The van der Waals surface area contributed by atoms with Crippen molar-refractivity contribution in [1.82, 2.24) is 5.32 Å². The topological polar surface area (TPSA) is 108 Å². The molecule has 0 heterocycles. The number of methoxy groups -OCH3 is 1. The van der Waals surface area contributed by atoms with Gasteiger partial charge in [-0.1, -0.05) is 0 Å². The molecule has 1 aromatic carbocycles. The molecule has 0 aromatic heterocycles. The Bertz CT molecular complexity index is 470. The molecule has 0 atom stereocenters. The van der Waals surface area contributed by atoms with Crippen LogP contribution in [-0.2, 0) is 14.3 Å². The third kappa shape index (κ3) is 5.07. The number of amides is 2. The number of rotatable bonds is 6. The predicted molar refractivity (Wildman–Crippen MR) is 65.5 cm³/mol. The molecular formula is C12H14N2O5. The zero-order valence-corrected chi connectivity index (χ0v) is 10.3. The van der Waals surface area contributed by atoms with Crippen LogP contribution in [0.2, 0.25) is 0 Å². The molecule has 0 bridgehead atoms. The Hall–Kier alpha value is -2.57. The number of nitrogens with two attached hydrogens (primary N) is 1. The van der Waals surface area contributed by atoms with Crippen LogP contribution in [0.15, 0.2) is 24.3 Å². The molecule has 2 amide bonds. The van der Waals surface area contributed by atoms with E-state index in [9.17, 15) is 14.4 Å². The van der Waals surface area contributed by atoms with Gasteiger partial charge in [-0.25, -0.2) is 4.79 Å². The second kappa shape index (κ2) is 7.00. The van der Waals surface area contributed by atoms with Gasteiger partial charge < -0.3 is 20.5 Å². The first-order valence-electron chi connectivity index (χ1n) is 5.39. The van der Waals surface area contributed by atoms with Crippen molar-refractivity contribution < 1.29 is 23.9 Å². The summed E-state index contributed by atoms with van der Waals surface area (Å²) >= 11 is 0. The van der Waals surface area contributed by atoms with E-state index in [-0.39, 0.29) is 13.2 Å². The first-order valence-corrected chi connectivity index (χ1v) is 5.39. The average molecular weight is 266 g/mol. The Morgan fingerprint density at radius 2 is 1.84 bits per heavy atom. The highest BCUT2D eigenvalue weighted by molar-refractivity contribution is 5.89. The third-order valence-electron chi connectivity index (χ3n) is 2.11. The van der Waals surface area contributed by atoms with Crippen molar-refractivity contribution in [3.8, 4) is 5.75 Å². The molecule has 19 heavy (non-hydrogen) atoms. The summed E-state index contributed by atoms with van der Waals surface area (Å²) in [6.45, 7) is -0.478. The van der Waals surface area contributed by atoms with Crippen LogP contribution in [0.4, 0.5) is 0 Å². The fourth-order valence-electron chi connectivity index (χ4n) is 1.19. The molecule has 1 aromatic rings. The van der Waals surface area contributed by atoms with Crippen molar-refractivity contribution in [1.29, 1.82) is 0 Å². The van der Waals surface area contributed by atoms with Gasteiger partial charge in [-0.3, -0.25) is 9.59 Å². The van der Waals surface area contributed by atoms with Crippen molar-refractivity contribution in [3.05, 3.63) is 29.8 Å². The van der Waals surface area contributed by atoms with Crippen LogP contribution in [0.3, 0.4) is 0 Å². The number of esters is 1. The van der Waals surface area contributed by atoms with Crippen LogP contribution >= 0.6 is 0 Å². The summed E-state index contributed by atoms with van der Waals surface area (Å²) in [6, 6.07) is 6.10. The van der Waals surface area contributed by atoms with E-state index in [1.807, 2.05) is 0 Å². The Labute approximate surface area is 109 Å². The molecule has 0 fully saturated rings. The molecule has 0 saturated heterocycles. The lowest BCUT2D eigenvalue weighted by Gasteiger charge is -2.06. The standard InChI is InChI=1S/C12H14N2O5/c1-18-12(17)8-2-4-9(5-3-8)19-7-11(16)14-6-10(13)15/h2-5H,6-7H2,1H3,(H2,13,15)(H,14,16). The van der Waals surface area contributed by atoms with Crippen LogP contribution in [0.5, 0.6) is 5.75 Å². The molecule has 3 N–H and O–H groups in total. The maximum Gasteiger partial charge on any atom is 0.337 e. The number of hydrogen-bond acceptors (Lipinski definition) is 5. The second-order valence-corrected chi connectivity index (χ2v) is 3.55. The monoisotopic (exact) mass is 266 g/mol. The van der Waals surface area contributed by atoms with Crippen molar-refractivity contribution >= 4 is 17.8 Å². The Balaban J connectivity index is 2.43. The van der Waals surface area contributed by atoms with E-state index in [4.69, 9.17) is 10.5 Å². The first-order chi connectivity index (χ1) is 9.02. The van der Waals surface area contributed by atoms with Crippen molar-refractivity contribution in [3.63, 3.8) is 0 Å². The second-order valence-electron chi connectivity index (χ2n) is 3.55. The average Bonchev–Trinajstić information content (AvgIpc) is 2.42. The summed E-state index contributed by atoms with van der Waals surface area (Å²) in [4.78, 5) is 32.8. The Kier molecular flexibility index (Phi) is 5.34. The van der Waals surface area contributed by atoms with E-state index in [0.717, 1.165) is 0 Å². The molecule has 102 valence electrons. The minimum Gasteiger partial charge on any atom is -0.484 e. The summed E-state index contributed by atoms with van der Waals surface area (Å²) in [6.07, 6.45) is 0. The molecule has 0 radical (unpaired) electrons. The minimum atomic E-state index is -0.629. The van der Waals surface area contributed by atoms with Crippen molar-refractivity contribution in [2.75, 3.05) is 20.3 Å². The van der Waals surface area contributed by atoms with E-state index < -0.39 is 17.8 Å². The van der Waals surface area contributed by atoms with Crippen LogP contribution < -0.4 is 15.8 Å². The van der Waals surface area contributed by atoms with Gasteiger partial charge in [0.25, 0.3) is 5.91 Å². The number of hydrogen-bond donors (Lipinski definition) is 2. The van der Waals surface area contributed by atoms with Crippen LogP contribution in [-0.4, -0.2) is 38.0 Å². The third-order valence-corrected chi connectivity index (χ3v) is 2.11. The van der Waals surface area contributed by atoms with Gasteiger partial charge in [0.2, 0.25) is 5.91 Å². The van der Waals surface area contributed by atoms with E-state index in [2.05, 4.69) is 10.1 Å². The van der Waals surface area contributed by atoms with Gasteiger partial charge in [0, 0.05) is 0 Å². The summed E-state index contributed by atoms with van der Waals surface area (Å²) < 4.78 is 9.69. The van der Waals surface area contributed by atoms with Gasteiger partial charge in [-0.2, -0.15) is 0 Å². The lowest BCUT2D eigenvalue weighted by molar-refractivity contribution is -0.126. The Morgan fingerprint density at radius 1 is 1.21 bits per heavy atom. The lowest BCUT2D eigenvalue weighted by atomic mass is 10.2. The highest BCUT2D eigenvalue weighted by Gasteiger charge is 2.06. The maximum atomic E-state index is 11.2. The van der Waals surface area contributed by atoms with E-state index in [0.29, 0.717) is 11.3 Å². The van der Waals surface area contributed by atoms with Crippen molar-refractivity contribution in [2.45, 2.75) is 0 Å². The summed E-state index contributed by atoms with van der Waals surface area (Å²) in [5, 5.41) is 2.28. The molecule has 0 aliphatic carbocycles. The van der Waals surface area contributed by atoms with Gasteiger partial charge in [0.15, 0.2) is 6.61 Å². The lowest BCUT2D eigenvalue weighted by Crippen LogP contribution is -2.36. The highest BCUT2D eigenvalue weighted by atomic mass is 16.5. The summed E-state index contributed by atoms with van der Waals surface area (Å²) in [5.74, 6) is -1.13. The molecule has 7 heteroatoms. The molecule has 7 nitrogen and oxygen atoms in total. The first kappa shape index (κ1) is 14.5. The zero-order valence-electron chi connectivity index (χ0n) is 10.3. The minimum absolute atomic E-state index is 0.233. The number of carbonyl (C=O) groups excluding carboxylic acids is 3. The largest absolute Gasteiger partial charge is 0.484 e. The van der Waals surface area contributed by atoms with E-state index >= 15 is 0 Å². The normalized spacial score (nSPS) is 9.53. The number of ether oxygens (including phenoxy) is 2. The quantitative estimate of drug-likeness (QED) is 0.672. The maximum absolute atomic E-state index is 11.2. The molecule has 0 aliphatic heterocycles. The number of primary amides is 1. The fraction of sp³-hybridized carbons (Fsp3) is 0.250. The summed E-state index contributed by atoms with van der Waals surface area (Å²) in [7, 11) is 1.29. The van der Waals surface area contributed by atoms with E-state index in [1.165, 1.54) is 31.4 Å². The smallest absolute Gasteiger partial charge is 0.337 e. The molecule has 0 aliphatic rings. The van der Waals surface area contributed by atoms with Crippen LogP contribution in [0.1, 0.15) is 10.4 Å². The van der Waals surface area contributed by atoms with Gasteiger partial charge in [0.1, 0.15) is 5.75 Å². The van der Waals surface area contributed by atoms with Gasteiger partial charge >= 0.3 is 5.97 Å². The van der Waals surface area contributed by atoms with Gasteiger partial charge in [-0.05, 0) is 24.3 Å². The number of nitrogens with one attached hydrogen (secondary N) is 1. The number of benzene rings is 1. The molecule has 0 spiro atoms. The zero-order chi connectivity index (χ0) is 14.3. The summed E-state index contributed by atoms with van der Waals surface area (Å²) in [5.41, 5.74) is 5.25. The predicted octanol–water partition coefficient (Wildman–Crippen LogP) is -0.546. The fourth-order valence-corrected chi connectivity index (χ4v) is 1.19.